The molecule has 5 heteroatoms. The Kier molecular flexibility index (Phi) is 7.56. The molecule has 111 valence electrons. The molecule has 0 unspecified atom stereocenters. The minimum absolute atomic E-state index is 0. The van der Waals surface area contributed by atoms with Crippen LogP contribution in [0.3, 0.4) is 0 Å². The number of hydrogen-bond acceptors (Lipinski definition) is 1. The molecule has 0 radical (unpaired) electrons. The van der Waals surface area contributed by atoms with Gasteiger partial charge in [0.15, 0.2) is 0 Å². The maximum atomic E-state index is 2.50. The van der Waals surface area contributed by atoms with Gasteiger partial charge in [-0.2, -0.15) is 0 Å². The maximum absolute atomic E-state index is 2.50. The monoisotopic (exact) mass is 381 g/mol. The first-order valence-corrected chi connectivity index (χ1v) is 11.1. The van der Waals surface area contributed by atoms with Crippen LogP contribution in [0, 0.1) is 0 Å². The molecule has 1 aromatic rings. The zero-order valence-electron chi connectivity index (χ0n) is 12.7. The van der Waals surface area contributed by atoms with Crippen molar-refractivity contribution in [3.05, 3.63) is 38.2 Å². The van der Waals surface area contributed by atoms with Gasteiger partial charge in [0.2, 0.25) is 0 Å². The Balaban J connectivity index is 0.00000180. The van der Waals surface area contributed by atoms with E-state index in [1.165, 1.54) is 0 Å². The van der Waals surface area contributed by atoms with Gasteiger partial charge in [-0.05, 0) is 0 Å². The van der Waals surface area contributed by atoms with Crippen LogP contribution in [0.25, 0.3) is 0 Å². The molecule has 0 saturated carbocycles. The molecular formula is C15H23Cl2SSiTi. The van der Waals surface area contributed by atoms with Crippen LogP contribution in [-0.4, -0.2) is 8.07 Å². The van der Waals surface area contributed by atoms with Crippen molar-refractivity contribution >= 4 is 48.7 Å². The van der Waals surface area contributed by atoms with Gasteiger partial charge in [0.05, 0.1) is 0 Å². The second-order valence-electron chi connectivity index (χ2n) is 6.54. The molecule has 20 heavy (non-hydrogen) atoms. The third kappa shape index (κ3) is 3.91. The van der Waals surface area contributed by atoms with E-state index in [4.69, 9.17) is 0 Å². The number of allylic oxidation sites excluding steroid dienone is 4. The van der Waals surface area contributed by atoms with Crippen LogP contribution in [0.1, 0.15) is 32.8 Å². The quantitative estimate of drug-likeness (QED) is 0.624. The average Bonchev–Trinajstić information content (AvgIpc) is 2.83. The molecule has 2 rings (SSSR count). The van der Waals surface area contributed by atoms with E-state index >= 15 is 0 Å². The Morgan fingerprint density at radius 2 is 1.80 bits per heavy atom. The third-order valence-electron chi connectivity index (χ3n) is 3.65. The average molecular weight is 382 g/mol. The Morgan fingerprint density at radius 3 is 2.25 bits per heavy atom. The minimum atomic E-state index is -1.50. The second-order valence-corrected chi connectivity index (χ2v) is 13.0. The summed E-state index contributed by atoms with van der Waals surface area (Å²) in [7, 11) is -1.50. The Morgan fingerprint density at radius 1 is 1.20 bits per heavy atom. The number of hydrogen-bond donors (Lipinski definition) is 0. The molecule has 0 spiro atoms. The molecule has 0 aliphatic heterocycles. The zero-order chi connectivity index (χ0) is 13.6. The summed E-state index contributed by atoms with van der Waals surface area (Å²) in [6, 6.07) is 2.34. The molecule has 0 bridgehead atoms. The molecule has 0 nitrogen and oxygen atoms in total. The van der Waals surface area contributed by atoms with Gasteiger partial charge in [-0.1, -0.05) is 0 Å². The summed E-state index contributed by atoms with van der Waals surface area (Å²) >= 11 is 4.27. The fraction of sp³-hybridized carbons (Fsp3) is 0.467. The summed E-state index contributed by atoms with van der Waals surface area (Å²) in [5, 5.41) is 3.93. The molecule has 1 heterocycles. The molecule has 1 aromatic heterocycles. The normalized spacial score (nSPS) is 15.0. The van der Waals surface area contributed by atoms with Crippen molar-refractivity contribution in [3.63, 3.8) is 0 Å². The van der Waals surface area contributed by atoms with E-state index in [9.17, 15) is 0 Å². The number of halogens is 2. The third-order valence-corrected chi connectivity index (χ3v) is 10.6. The Bertz CT molecular complexity index is 524. The van der Waals surface area contributed by atoms with E-state index in [0.29, 0.717) is 0 Å². The van der Waals surface area contributed by atoms with Crippen molar-refractivity contribution in [2.45, 2.75) is 45.7 Å². The van der Waals surface area contributed by atoms with Crippen molar-refractivity contribution in [1.82, 2.24) is 0 Å². The van der Waals surface area contributed by atoms with E-state index in [0.717, 1.165) is 6.42 Å². The second kappa shape index (κ2) is 7.30. The minimum Gasteiger partial charge on any atom is -0.147 e. The van der Waals surface area contributed by atoms with Gasteiger partial charge in [-0.3, -0.25) is 0 Å². The van der Waals surface area contributed by atoms with E-state index in [2.05, 4.69) is 77.9 Å². The van der Waals surface area contributed by atoms with Gasteiger partial charge in [0, 0.05) is 0 Å². The zero-order valence-corrected chi connectivity index (χ0v) is 17.8. The first-order valence-electron chi connectivity index (χ1n) is 6.45. The fourth-order valence-corrected chi connectivity index (χ4v) is 9.70. The Hall–Kier alpha value is 0.691. The molecule has 0 aromatic carbocycles. The summed E-state index contributed by atoms with van der Waals surface area (Å²) in [6.07, 6.45) is 5.86. The van der Waals surface area contributed by atoms with Crippen molar-refractivity contribution in [2.75, 3.05) is 0 Å². The first-order chi connectivity index (χ1) is 8.24. The van der Waals surface area contributed by atoms with Crippen LogP contribution >= 0.6 is 36.2 Å². The SMILES string of the molecule is CC(C)(C)c1ccsc1[Si](C)(C)C1=[C]([Ti])CC=C1.Cl.Cl. The van der Waals surface area contributed by atoms with Gasteiger partial charge >= 0.3 is 128 Å². The molecular weight excluding hydrogens is 359 g/mol. The summed E-state index contributed by atoms with van der Waals surface area (Å²) in [5.41, 5.74) is 1.82. The van der Waals surface area contributed by atoms with Crippen molar-refractivity contribution in [2.24, 2.45) is 0 Å². The predicted molar refractivity (Wildman–Crippen MR) is 95.4 cm³/mol. The van der Waals surface area contributed by atoms with E-state index in [1.54, 1.807) is 19.1 Å². The van der Waals surface area contributed by atoms with Gasteiger partial charge in [-0.15, -0.1) is 24.8 Å². The van der Waals surface area contributed by atoms with Crippen LogP contribution < -0.4 is 4.50 Å². The first kappa shape index (κ1) is 20.7. The molecule has 0 N–H and O–H groups in total. The van der Waals surface area contributed by atoms with E-state index < -0.39 is 8.07 Å². The van der Waals surface area contributed by atoms with Gasteiger partial charge < -0.3 is 0 Å². The molecule has 1 aliphatic rings. The van der Waals surface area contributed by atoms with Crippen LogP contribution in [0.5, 0.6) is 0 Å². The van der Waals surface area contributed by atoms with Gasteiger partial charge in [-0.25, -0.2) is 0 Å². The van der Waals surface area contributed by atoms with Crippen LogP contribution in [0.4, 0.5) is 0 Å². The standard InChI is InChI=1S/C15H21SSi.2ClH.Ti/c1-15(2,3)13-10-11-16-14(13)17(4,5)12-8-6-7-9-12;;;/h6,8,10-11H,7H2,1-5H3;2*1H;. The fourth-order valence-electron chi connectivity index (χ4n) is 2.60. The summed E-state index contributed by atoms with van der Waals surface area (Å²) in [4.78, 5) is 0. The number of rotatable bonds is 2. The smallest absolute Gasteiger partial charge is 0.147 e. The van der Waals surface area contributed by atoms with Crippen molar-refractivity contribution in [1.29, 1.82) is 0 Å². The molecule has 1 aliphatic carbocycles. The maximum Gasteiger partial charge on any atom is -0.147 e. The van der Waals surface area contributed by atoms with Crippen molar-refractivity contribution < 1.29 is 20.4 Å². The van der Waals surface area contributed by atoms with E-state index in [-0.39, 0.29) is 30.2 Å². The predicted octanol–water partition coefficient (Wildman–Crippen LogP) is 5.10. The topological polar surface area (TPSA) is 0 Å². The summed E-state index contributed by atoms with van der Waals surface area (Å²) in [5.74, 6) is 0. The van der Waals surface area contributed by atoms with Gasteiger partial charge in [0.25, 0.3) is 0 Å². The molecule has 0 amide bonds. The summed E-state index contributed by atoms with van der Waals surface area (Å²) < 4.78 is 3.25. The van der Waals surface area contributed by atoms with E-state index in [1.807, 2.05) is 11.3 Å². The summed E-state index contributed by atoms with van der Waals surface area (Å²) in [6.45, 7) is 12.0. The molecule has 0 atom stereocenters. The van der Waals surface area contributed by atoms with Crippen LogP contribution in [0.15, 0.2) is 32.7 Å². The molecule has 0 saturated heterocycles. The molecule has 0 fully saturated rings. The number of thiophene rings is 1. The largest absolute Gasteiger partial charge is 0.147 e. The van der Waals surface area contributed by atoms with Gasteiger partial charge in [0.1, 0.15) is 0 Å². The van der Waals surface area contributed by atoms with Crippen LogP contribution in [-0.2, 0) is 25.9 Å². The Labute approximate surface area is 152 Å². The van der Waals surface area contributed by atoms with Crippen LogP contribution in [0.2, 0.25) is 13.1 Å². The van der Waals surface area contributed by atoms with Crippen molar-refractivity contribution in [3.8, 4) is 0 Å².